The van der Waals surface area contributed by atoms with Gasteiger partial charge < -0.3 is 0 Å². The molecule has 1 aromatic rings. The Kier molecular flexibility index (Phi) is 2.89. The van der Waals surface area contributed by atoms with Crippen LogP contribution in [0.4, 0.5) is 17.1 Å². The fourth-order valence-corrected chi connectivity index (χ4v) is 2.60. The zero-order chi connectivity index (χ0) is 16.9. The van der Waals surface area contributed by atoms with Gasteiger partial charge in [-0.1, -0.05) is 12.2 Å². The second kappa shape index (κ2) is 4.66. The Labute approximate surface area is 126 Å². The zero-order valence-electron chi connectivity index (χ0n) is 11.1. The smallest absolute Gasteiger partial charge is 0.289 e. The van der Waals surface area contributed by atoms with Crippen molar-refractivity contribution in [1.82, 2.24) is 0 Å². The highest BCUT2D eigenvalue weighted by atomic mass is 16.6. The number of hydrogen-bond acceptors (Lipinski definition) is 7. The molecule has 0 aromatic heterocycles. The van der Waals surface area contributed by atoms with Gasteiger partial charge in [-0.2, -0.15) is 0 Å². The fourth-order valence-electron chi connectivity index (χ4n) is 2.60. The standard InChI is InChI=1S/C13H5N3O7/c17-11-3-1-2-6-7-5-10(14(18)19)13(16(22)23)12(15(20)21)9(7)4-8(6)11/h1-5H. The van der Waals surface area contributed by atoms with Crippen molar-refractivity contribution in [2.75, 3.05) is 0 Å². The Bertz CT molecular complexity index is 924. The molecule has 0 unspecified atom stereocenters. The van der Waals surface area contributed by atoms with E-state index in [4.69, 9.17) is 0 Å². The fraction of sp³-hybridized carbons (Fsp3) is 0. The molecule has 10 heteroatoms. The van der Waals surface area contributed by atoms with E-state index in [0.717, 1.165) is 12.1 Å². The molecule has 0 N–H and O–H groups in total. The van der Waals surface area contributed by atoms with Gasteiger partial charge >= 0.3 is 17.1 Å². The summed E-state index contributed by atoms with van der Waals surface area (Å²) < 4.78 is 0. The average Bonchev–Trinajstić information content (AvgIpc) is 2.84. The third-order valence-electron chi connectivity index (χ3n) is 3.50. The Morgan fingerprint density at radius 3 is 2.09 bits per heavy atom. The van der Waals surface area contributed by atoms with Crippen LogP contribution in [0.2, 0.25) is 0 Å². The number of fused-ring (bicyclic) bond motifs is 3. The molecule has 0 bridgehead atoms. The molecule has 114 valence electrons. The van der Waals surface area contributed by atoms with Crippen molar-refractivity contribution < 1.29 is 19.6 Å². The van der Waals surface area contributed by atoms with E-state index >= 15 is 0 Å². The van der Waals surface area contributed by atoms with E-state index < -0.39 is 37.6 Å². The number of carbonyl (C=O) groups excluding carboxylic acids is 1. The van der Waals surface area contributed by atoms with Crippen LogP contribution in [0.25, 0.3) is 11.6 Å². The zero-order valence-corrected chi connectivity index (χ0v) is 11.1. The number of ketones is 1. The van der Waals surface area contributed by atoms with Gasteiger partial charge in [0.1, 0.15) is 0 Å². The predicted octanol–water partition coefficient (Wildman–Crippen LogP) is 2.33. The first-order chi connectivity index (χ1) is 10.8. The van der Waals surface area contributed by atoms with Gasteiger partial charge in [0.05, 0.1) is 20.3 Å². The predicted molar refractivity (Wildman–Crippen MR) is 76.5 cm³/mol. The molecule has 0 saturated heterocycles. The summed E-state index contributed by atoms with van der Waals surface area (Å²) in [4.78, 5) is 42.0. The summed E-state index contributed by atoms with van der Waals surface area (Å²) in [6, 6.07) is 0.891. The van der Waals surface area contributed by atoms with Crippen molar-refractivity contribution in [2.24, 2.45) is 0 Å². The number of hydrogen-bond donors (Lipinski definition) is 0. The highest BCUT2D eigenvalue weighted by molar-refractivity contribution is 6.24. The van der Waals surface area contributed by atoms with Crippen LogP contribution in [-0.4, -0.2) is 20.6 Å². The maximum Gasteiger partial charge on any atom is 0.422 e. The first-order valence-corrected chi connectivity index (χ1v) is 6.12. The lowest BCUT2D eigenvalue weighted by molar-refractivity contribution is -0.441. The van der Waals surface area contributed by atoms with E-state index in [9.17, 15) is 35.1 Å². The number of benzene rings is 1. The molecule has 3 rings (SSSR count). The van der Waals surface area contributed by atoms with Gasteiger partial charge in [0, 0.05) is 17.2 Å². The van der Waals surface area contributed by atoms with Crippen molar-refractivity contribution in [3.05, 3.63) is 71.3 Å². The van der Waals surface area contributed by atoms with Crippen molar-refractivity contribution in [3.8, 4) is 0 Å². The molecular weight excluding hydrogens is 310 g/mol. The molecule has 0 saturated carbocycles. The summed E-state index contributed by atoms with van der Waals surface area (Å²) in [6.07, 6.45) is 5.26. The van der Waals surface area contributed by atoms with E-state index in [1.807, 2.05) is 0 Å². The molecule has 0 radical (unpaired) electrons. The lowest BCUT2D eigenvalue weighted by Crippen LogP contribution is -2.05. The van der Waals surface area contributed by atoms with Gasteiger partial charge in [-0.05, 0) is 17.7 Å². The van der Waals surface area contributed by atoms with Crippen molar-refractivity contribution >= 4 is 34.5 Å². The van der Waals surface area contributed by atoms with Crippen LogP contribution in [0.1, 0.15) is 11.1 Å². The second-order valence-electron chi connectivity index (χ2n) is 4.69. The van der Waals surface area contributed by atoms with Gasteiger partial charge in [0.15, 0.2) is 5.78 Å². The molecule has 2 aliphatic rings. The van der Waals surface area contributed by atoms with Gasteiger partial charge in [0.25, 0.3) is 0 Å². The van der Waals surface area contributed by atoms with Crippen LogP contribution in [0.15, 0.2) is 29.9 Å². The Morgan fingerprint density at radius 1 is 0.870 bits per heavy atom. The van der Waals surface area contributed by atoms with Crippen molar-refractivity contribution in [1.29, 1.82) is 0 Å². The molecule has 0 fully saturated rings. The Hall–Kier alpha value is -3.69. The molecule has 10 nitrogen and oxygen atoms in total. The maximum atomic E-state index is 11.8. The number of allylic oxidation sites excluding steroid dienone is 5. The average molecular weight is 315 g/mol. The van der Waals surface area contributed by atoms with E-state index in [2.05, 4.69) is 0 Å². The van der Waals surface area contributed by atoms with Crippen molar-refractivity contribution in [2.45, 2.75) is 0 Å². The Morgan fingerprint density at radius 2 is 1.52 bits per heavy atom. The first-order valence-electron chi connectivity index (χ1n) is 6.12. The monoisotopic (exact) mass is 315 g/mol. The van der Waals surface area contributed by atoms with Crippen LogP contribution >= 0.6 is 0 Å². The minimum absolute atomic E-state index is 0.0571. The highest BCUT2D eigenvalue weighted by Gasteiger charge is 2.43. The lowest BCUT2D eigenvalue weighted by atomic mass is 9.95. The minimum Gasteiger partial charge on any atom is -0.289 e. The molecule has 0 heterocycles. The van der Waals surface area contributed by atoms with Gasteiger partial charge in [-0.15, -0.1) is 0 Å². The van der Waals surface area contributed by atoms with Gasteiger partial charge in [0.2, 0.25) is 0 Å². The molecule has 0 atom stereocenters. The summed E-state index contributed by atoms with van der Waals surface area (Å²) in [7, 11) is 0. The summed E-state index contributed by atoms with van der Waals surface area (Å²) in [5, 5.41) is 33.5. The lowest BCUT2D eigenvalue weighted by Gasteiger charge is -2.07. The summed E-state index contributed by atoms with van der Waals surface area (Å²) in [6.45, 7) is 0. The normalized spacial score (nSPS) is 14.7. The number of nitro groups is 3. The van der Waals surface area contributed by atoms with Crippen LogP contribution < -0.4 is 0 Å². The highest BCUT2D eigenvalue weighted by Crippen LogP contribution is 2.49. The number of nitrogens with zero attached hydrogens (tertiary/aromatic N) is 3. The van der Waals surface area contributed by atoms with Crippen LogP contribution in [0.3, 0.4) is 0 Å². The summed E-state index contributed by atoms with van der Waals surface area (Å²) in [5.41, 5.74) is -2.91. The van der Waals surface area contributed by atoms with E-state index in [1.165, 1.54) is 18.2 Å². The maximum absolute atomic E-state index is 11.8. The largest absolute Gasteiger partial charge is 0.422 e. The third kappa shape index (κ3) is 1.92. The number of rotatable bonds is 3. The number of nitro benzene ring substituents is 3. The van der Waals surface area contributed by atoms with Crippen LogP contribution in [0, 0.1) is 30.3 Å². The quantitative estimate of drug-likeness (QED) is 0.614. The topological polar surface area (TPSA) is 146 Å². The van der Waals surface area contributed by atoms with E-state index in [-0.39, 0.29) is 22.3 Å². The van der Waals surface area contributed by atoms with Gasteiger partial charge in [-0.25, -0.2) is 0 Å². The molecule has 0 spiro atoms. The van der Waals surface area contributed by atoms with Crippen molar-refractivity contribution in [3.63, 3.8) is 0 Å². The van der Waals surface area contributed by atoms with E-state index in [1.54, 1.807) is 0 Å². The SMILES string of the molecule is O=C1C=CC=C2C1=Cc1c2cc([N+](=O)[O-])c([N+](=O)[O-])c1[N+](=O)[O-]. The summed E-state index contributed by atoms with van der Waals surface area (Å²) >= 11 is 0. The molecule has 0 amide bonds. The summed E-state index contributed by atoms with van der Waals surface area (Å²) in [5.74, 6) is -0.432. The van der Waals surface area contributed by atoms with Crippen LogP contribution in [0.5, 0.6) is 0 Å². The second-order valence-corrected chi connectivity index (χ2v) is 4.69. The molecule has 23 heavy (non-hydrogen) atoms. The van der Waals surface area contributed by atoms with E-state index in [0.29, 0.717) is 0 Å². The molecule has 2 aliphatic carbocycles. The molecular formula is C13H5N3O7. The van der Waals surface area contributed by atoms with Crippen LogP contribution in [-0.2, 0) is 4.79 Å². The third-order valence-corrected chi connectivity index (χ3v) is 3.50. The molecule has 1 aromatic carbocycles. The minimum atomic E-state index is -1.20. The Balaban J connectivity index is 2.45. The molecule has 0 aliphatic heterocycles. The number of carbonyl (C=O) groups is 1. The van der Waals surface area contributed by atoms with Gasteiger partial charge in [-0.3, -0.25) is 35.1 Å². The first kappa shape index (κ1) is 14.3.